The molecule has 7 nitrogen and oxygen atoms in total. The maximum atomic E-state index is 11.7. The predicted octanol–water partition coefficient (Wildman–Crippen LogP) is 0.370. The molecule has 1 aromatic carbocycles. The standard InChI is InChI=1S/C14H19N3O4/c15-11-6-4-10(5-7-11)14(21)17-9-12(18)16-8-2-1-3-13(19)20/h4-7H,1-3,8-9,15H2,(H,16,18)(H,17,21)(H,19,20). The summed E-state index contributed by atoms with van der Waals surface area (Å²) in [5.41, 5.74) is 6.50. The lowest BCUT2D eigenvalue weighted by Crippen LogP contribution is -2.37. The van der Waals surface area contributed by atoms with E-state index in [1.807, 2.05) is 0 Å². The highest BCUT2D eigenvalue weighted by Crippen LogP contribution is 2.04. The number of rotatable bonds is 8. The molecule has 0 bridgehead atoms. The molecule has 0 aliphatic heterocycles. The zero-order valence-corrected chi connectivity index (χ0v) is 11.6. The molecule has 2 amide bonds. The summed E-state index contributed by atoms with van der Waals surface area (Å²) in [7, 11) is 0. The minimum Gasteiger partial charge on any atom is -0.481 e. The molecular weight excluding hydrogens is 274 g/mol. The molecule has 0 atom stereocenters. The van der Waals surface area contributed by atoms with E-state index in [0.717, 1.165) is 0 Å². The van der Waals surface area contributed by atoms with E-state index in [0.29, 0.717) is 30.6 Å². The molecule has 0 unspecified atom stereocenters. The first-order valence-corrected chi connectivity index (χ1v) is 6.61. The van der Waals surface area contributed by atoms with E-state index < -0.39 is 5.97 Å². The van der Waals surface area contributed by atoms with Crippen molar-refractivity contribution in [2.75, 3.05) is 18.8 Å². The van der Waals surface area contributed by atoms with Crippen molar-refractivity contribution in [3.8, 4) is 0 Å². The Kier molecular flexibility index (Phi) is 6.73. The van der Waals surface area contributed by atoms with Gasteiger partial charge in [0.1, 0.15) is 0 Å². The van der Waals surface area contributed by atoms with Gasteiger partial charge in [-0.05, 0) is 37.1 Å². The van der Waals surface area contributed by atoms with Crippen molar-refractivity contribution in [3.05, 3.63) is 29.8 Å². The molecule has 0 saturated carbocycles. The molecule has 114 valence electrons. The Hall–Kier alpha value is -2.57. The maximum absolute atomic E-state index is 11.7. The van der Waals surface area contributed by atoms with E-state index >= 15 is 0 Å². The molecule has 0 saturated heterocycles. The maximum Gasteiger partial charge on any atom is 0.303 e. The first-order chi connectivity index (χ1) is 9.99. The summed E-state index contributed by atoms with van der Waals surface area (Å²) >= 11 is 0. The zero-order valence-electron chi connectivity index (χ0n) is 11.6. The van der Waals surface area contributed by atoms with Crippen LogP contribution in [-0.2, 0) is 9.59 Å². The number of carboxylic acid groups (broad SMARTS) is 1. The van der Waals surface area contributed by atoms with Gasteiger partial charge < -0.3 is 21.5 Å². The lowest BCUT2D eigenvalue weighted by molar-refractivity contribution is -0.137. The highest BCUT2D eigenvalue weighted by atomic mass is 16.4. The van der Waals surface area contributed by atoms with Gasteiger partial charge in [0.2, 0.25) is 5.91 Å². The molecule has 0 aliphatic rings. The largest absolute Gasteiger partial charge is 0.481 e. The van der Waals surface area contributed by atoms with Gasteiger partial charge in [0.25, 0.3) is 5.91 Å². The molecule has 0 heterocycles. The second kappa shape index (κ2) is 8.57. The summed E-state index contributed by atoms with van der Waals surface area (Å²) in [6, 6.07) is 6.37. The van der Waals surface area contributed by atoms with E-state index in [1.165, 1.54) is 0 Å². The minimum atomic E-state index is -0.850. The molecular formula is C14H19N3O4. The number of amides is 2. The number of aliphatic carboxylic acids is 1. The molecule has 5 N–H and O–H groups in total. The first-order valence-electron chi connectivity index (χ1n) is 6.61. The molecule has 7 heteroatoms. The van der Waals surface area contributed by atoms with Gasteiger partial charge in [0.05, 0.1) is 6.54 Å². The normalized spacial score (nSPS) is 9.90. The molecule has 0 aliphatic carbocycles. The van der Waals surface area contributed by atoms with E-state index in [-0.39, 0.29) is 24.8 Å². The van der Waals surface area contributed by atoms with Crippen molar-refractivity contribution in [2.24, 2.45) is 0 Å². The number of hydrogen-bond acceptors (Lipinski definition) is 4. The monoisotopic (exact) mass is 293 g/mol. The van der Waals surface area contributed by atoms with Crippen LogP contribution in [0.25, 0.3) is 0 Å². The lowest BCUT2D eigenvalue weighted by Gasteiger charge is -2.07. The summed E-state index contributed by atoms with van der Waals surface area (Å²) in [4.78, 5) is 33.5. The number of anilines is 1. The number of nitrogens with one attached hydrogen (secondary N) is 2. The molecule has 21 heavy (non-hydrogen) atoms. The third-order valence-electron chi connectivity index (χ3n) is 2.72. The van der Waals surface area contributed by atoms with Crippen LogP contribution in [0.3, 0.4) is 0 Å². The van der Waals surface area contributed by atoms with E-state index in [9.17, 15) is 14.4 Å². The van der Waals surface area contributed by atoms with Gasteiger partial charge >= 0.3 is 5.97 Å². The molecule has 0 fully saturated rings. The van der Waals surface area contributed by atoms with Crippen LogP contribution in [0.15, 0.2) is 24.3 Å². The van der Waals surface area contributed by atoms with Gasteiger partial charge in [-0.3, -0.25) is 14.4 Å². The molecule has 0 radical (unpaired) electrons. The van der Waals surface area contributed by atoms with Gasteiger partial charge in [-0.2, -0.15) is 0 Å². The number of carbonyl (C=O) groups excluding carboxylic acids is 2. The summed E-state index contributed by atoms with van der Waals surface area (Å²) < 4.78 is 0. The van der Waals surface area contributed by atoms with Crippen molar-refractivity contribution in [3.63, 3.8) is 0 Å². The quantitative estimate of drug-likeness (QED) is 0.407. The number of benzene rings is 1. The number of nitrogen functional groups attached to an aromatic ring is 1. The van der Waals surface area contributed by atoms with Crippen LogP contribution >= 0.6 is 0 Å². The van der Waals surface area contributed by atoms with Gasteiger partial charge in [0, 0.05) is 24.2 Å². The molecule has 1 rings (SSSR count). The lowest BCUT2D eigenvalue weighted by atomic mass is 10.2. The van der Waals surface area contributed by atoms with Crippen LogP contribution < -0.4 is 16.4 Å². The Morgan fingerprint density at radius 3 is 2.33 bits per heavy atom. The Morgan fingerprint density at radius 1 is 1.05 bits per heavy atom. The number of unbranched alkanes of at least 4 members (excludes halogenated alkanes) is 1. The van der Waals surface area contributed by atoms with Gasteiger partial charge in [0.15, 0.2) is 0 Å². The van der Waals surface area contributed by atoms with Crippen molar-refractivity contribution in [1.29, 1.82) is 0 Å². The number of hydrogen-bond donors (Lipinski definition) is 4. The topological polar surface area (TPSA) is 122 Å². The van der Waals surface area contributed by atoms with Crippen molar-refractivity contribution in [1.82, 2.24) is 10.6 Å². The van der Waals surface area contributed by atoms with Crippen molar-refractivity contribution < 1.29 is 19.5 Å². The number of carboxylic acids is 1. The fourth-order valence-corrected chi connectivity index (χ4v) is 1.59. The van der Waals surface area contributed by atoms with Crippen molar-refractivity contribution in [2.45, 2.75) is 19.3 Å². The van der Waals surface area contributed by atoms with E-state index in [4.69, 9.17) is 10.8 Å². The predicted molar refractivity (Wildman–Crippen MR) is 77.7 cm³/mol. The summed E-state index contributed by atoms with van der Waals surface area (Å²) in [5.74, 6) is -1.51. The number of carbonyl (C=O) groups is 3. The van der Waals surface area contributed by atoms with Gasteiger partial charge in [-0.25, -0.2) is 0 Å². The Bertz CT molecular complexity index is 499. The number of nitrogens with two attached hydrogens (primary N) is 1. The average Bonchev–Trinajstić information content (AvgIpc) is 2.44. The van der Waals surface area contributed by atoms with Crippen LogP contribution in [0.5, 0.6) is 0 Å². The fraction of sp³-hybridized carbons (Fsp3) is 0.357. The van der Waals surface area contributed by atoms with Crippen LogP contribution in [-0.4, -0.2) is 36.0 Å². The summed E-state index contributed by atoms with van der Waals surface area (Å²) in [6.07, 6.45) is 1.18. The third-order valence-corrected chi connectivity index (χ3v) is 2.72. The molecule has 0 spiro atoms. The van der Waals surface area contributed by atoms with E-state index in [2.05, 4.69) is 10.6 Å². The third kappa shape index (κ3) is 6.95. The Labute approximate surface area is 122 Å². The van der Waals surface area contributed by atoms with Crippen molar-refractivity contribution >= 4 is 23.5 Å². The molecule has 1 aromatic rings. The Morgan fingerprint density at radius 2 is 1.71 bits per heavy atom. The van der Waals surface area contributed by atoms with Crippen LogP contribution in [0.2, 0.25) is 0 Å². The van der Waals surface area contributed by atoms with Gasteiger partial charge in [-0.15, -0.1) is 0 Å². The van der Waals surface area contributed by atoms with Crippen LogP contribution in [0, 0.1) is 0 Å². The SMILES string of the molecule is Nc1ccc(C(=O)NCC(=O)NCCCCC(=O)O)cc1. The second-order valence-corrected chi connectivity index (χ2v) is 4.51. The highest BCUT2D eigenvalue weighted by molar-refractivity contribution is 5.96. The second-order valence-electron chi connectivity index (χ2n) is 4.51. The Balaban J connectivity index is 2.19. The smallest absolute Gasteiger partial charge is 0.303 e. The highest BCUT2D eigenvalue weighted by Gasteiger charge is 2.07. The van der Waals surface area contributed by atoms with Gasteiger partial charge in [-0.1, -0.05) is 0 Å². The van der Waals surface area contributed by atoms with Crippen LogP contribution in [0.1, 0.15) is 29.6 Å². The first kappa shape index (κ1) is 16.5. The zero-order chi connectivity index (χ0) is 15.7. The summed E-state index contributed by atoms with van der Waals surface area (Å²) in [5, 5.41) is 13.5. The average molecular weight is 293 g/mol. The fourth-order valence-electron chi connectivity index (χ4n) is 1.59. The summed E-state index contributed by atoms with van der Waals surface area (Å²) in [6.45, 7) is 0.270. The molecule has 0 aromatic heterocycles. The van der Waals surface area contributed by atoms with Crippen LogP contribution in [0.4, 0.5) is 5.69 Å². The minimum absolute atomic E-state index is 0.0870. The van der Waals surface area contributed by atoms with E-state index in [1.54, 1.807) is 24.3 Å².